The summed E-state index contributed by atoms with van der Waals surface area (Å²) in [4.78, 5) is 11.8. The van der Waals surface area contributed by atoms with E-state index in [1.807, 2.05) is 0 Å². The van der Waals surface area contributed by atoms with Gasteiger partial charge in [0.25, 0.3) is 0 Å². The molecule has 0 spiro atoms. The maximum atomic E-state index is 12.7. The fourth-order valence-electron chi connectivity index (χ4n) is 1.38. The molecule has 4 nitrogen and oxygen atoms in total. The number of ketones is 1. The van der Waals surface area contributed by atoms with E-state index in [4.69, 9.17) is 0 Å². The first-order valence-electron chi connectivity index (χ1n) is 4.57. The van der Waals surface area contributed by atoms with Crippen molar-refractivity contribution in [2.45, 2.75) is 6.18 Å². The molecule has 0 aliphatic rings. The Balaban J connectivity index is 2.50. The molecule has 0 saturated heterocycles. The van der Waals surface area contributed by atoms with Gasteiger partial charge in [0, 0.05) is 5.56 Å². The van der Waals surface area contributed by atoms with Crippen LogP contribution in [0.1, 0.15) is 21.6 Å². The Morgan fingerprint density at radius 3 is 2.53 bits per heavy atom. The van der Waals surface area contributed by atoms with E-state index in [0.717, 1.165) is 18.3 Å². The van der Waals surface area contributed by atoms with Gasteiger partial charge in [-0.15, -0.1) is 0 Å². The minimum absolute atomic E-state index is 0.151. The van der Waals surface area contributed by atoms with Gasteiger partial charge >= 0.3 is 6.18 Å². The molecule has 0 atom stereocenters. The molecule has 1 N–H and O–H groups in total. The van der Waals surface area contributed by atoms with Crippen LogP contribution in [0.5, 0.6) is 0 Å². The van der Waals surface area contributed by atoms with Gasteiger partial charge < -0.3 is 0 Å². The number of hydrogen-bond donors (Lipinski definition) is 1. The van der Waals surface area contributed by atoms with Crippen LogP contribution in [0.3, 0.4) is 0 Å². The third-order valence-corrected chi connectivity index (χ3v) is 2.12. The Morgan fingerprint density at radius 2 is 1.94 bits per heavy atom. The van der Waals surface area contributed by atoms with Crippen molar-refractivity contribution in [1.29, 1.82) is 0 Å². The maximum absolute atomic E-state index is 12.7. The van der Waals surface area contributed by atoms with Crippen LogP contribution in [0.2, 0.25) is 0 Å². The van der Waals surface area contributed by atoms with Gasteiger partial charge in [0.05, 0.1) is 11.8 Å². The first-order chi connectivity index (χ1) is 8.00. The molecule has 17 heavy (non-hydrogen) atoms. The molecule has 7 heteroatoms. The van der Waals surface area contributed by atoms with Crippen LogP contribution in [0.4, 0.5) is 13.2 Å². The van der Waals surface area contributed by atoms with Gasteiger partial charge in [-0.2, -0.15) is 28.6 Å². The Labute approximate surface area is 93.5 Å². The topological polar surface area (TPSA) is 58.6 Å². The summed E-state index contributed by atoms with van der Waals surface area (Å²) in [5.41, 5.74) is -1.57. The molecular formula is C10H6F3N3O. The zero-order valence-electron chi connectivity index (χ0n) is 8.32. The van der Waals surface area contributed by atoms with Crippen molar-refractivity contribution < 1.29 is 18.0 Å². The predicted octanol–water partition coefficient (Wildman–Crippen LogP) is 2.05. The van der Waals surface area contributed by atoms with Crippen LogP contribution in [0.25, 0.3) is 0 Å². The maximum Gasteiger partial charge on any atom is 0.417 e. The van der Waals surface area contributed by atoms with Crippen molar-refractivity contribution in [2.24, 2.45) is 0 Å². The summed E-state index contributed by atoms with van der Waals surface area (Å²) in [7, 11) is 0. The molecular weight excluding hydrogens is 235 g/mol. The van der Waals surface area contributed by atoms with Crippen molar-refractivity contribution in [3.63, 3.8) is 0 Å². The molecule has 1 aromatic heterocycles. The van der Waals surface area contributed by atoms with Crippen molar-refractivity contribution in [2.75, 3.05) is 0 Å². The molecule has 1 aromatic carbocycles. The summed E-state index contributed by atoms with van der Waals surface area (Å²) in [6.45, 7) is 0. The Morgan fingerprint density at radius 1 is 1.24 bits per heavy atom. The summed E-state index contributed by atoms with van der Waals surface area (Å²) in [5, 5.41) is 9.02. The molecule has 0 saturated carbocycles. The van der Waals surface area contributed by atoms with E-state index in [1.165, 1.54) is 12.1 Å². The lowest BCUT2D eigenvalue weighted by atomic mass is 10.0. The molecule has 2 rings (SSSR count). The van der Waals surface area contributed by atoms with Crippen LogP contribution in [-0.4, -0.2) is 21.2 Å². The number of aromatic amines is 1. The summed E-state index contributed by atoms with van der Waals surface area (Å²) >= 11 is 0. The number of H-pyrrole nitrogens is 1. The number of hydrogen-bond acceptors (Lipinski definition) is 3. The largest absolute Gasteiger partial charge is 0.417 e. The summed E-state index contributed by atoms with van der Waals surface area (Å²) in [6.07, 6.45) is -3.49. The van der Waals surface area contributed by atoms with Crippen LogP contribution < -0.4 is 0 Å². The number of carbonyl (C=O) groups is 1. The lowest BCUT2D eigenvalue weighted by Gasteiger charge is -2.10. The van der Waals surface area contributed by atoms with Crippen molar-refractivity contribution in [3.8, 4) is 0 Å². The highest BCUT2D eigenvalue weighted by Crippen LogP contribution is 2.32. The highest BCUT2D eigenvalue weighted by molar-refractivity contribution is 6.08. The molecule has 0 amide bonds. The Bertz CT molecular complexity index is 534. The average molecular weight is 241 g/mol. The third kappa shape index (κ3) is 2.17. The van der Waals surface area contributed by atoms with E-state index in [-0.39, 0.29) is 5.69 Å². The van der Waals surface area contributed by atoms with Gasteiger partial charge in [-0.05, 0) is 6.07 Å². The monoisotopic (exact) mass is 241 g/mol. The molecule has 0 fully saturated rings. The van der Waals surface area contributed by atoms with Crippen molar-refractivity contribution in [1.82, 2.24) is 15.4 Å². The SMILES string of the molecule is O=C(c1cn[nH]n1)c1ccccc1C(F)(F)F. The summed E-state index contributed by atoms with van der Waals surface area (Å²) < 4.78 is 38.0. The number of rotatable bonds is 2. The lowest BCUT2D eigenvalue weighted by molar-refractivity contribution is -0.137. The molecule has 0 bridgehead atoms. The molecule has 0 aliphatic heterocycles. The second kappa shape index (κ2) is 4.00. The minimum atomic E-state index is -4.57. The zero-order chi connectivity index (χ0) is 12.5. The van der Waals surface area contributed by atoms with Crippen LogP contribution in [0.15, 0.2) is 30.5 Å². The van der Waals surface area contributed by atoms with E-state index in [9.17, 15) is 18.0 Å². The predicted molar refractivity (Wildman–Crippen MR) is 51.3 cm³/mol. The van der Waals surface area contributed by atoms with E-state index < -0.39 is 23.1 Å². The highest BCUT2D eigenvalue weighted by atomic mass is 19.4. The molecule has 1 heterocycles. The first-order valence-corrected chi connectivity index (χ1v) is 4.57. The number of aromatic nitrogens is 3. The summed E-state index contributed by atoms with van der Waals surface area (Å²) in [6, 6.07) is 4.55. The Hall–Kier alpha value is -2.18. The zero-order valence-corrected chi connectivity index (χ0v) is 8.32. The van der Waals surface area contributed by atoms with Gasteiger partial charge in [0.1, 0.15) is 0 Å². The van der Waals surface area contributed by atoms with Gasteiger partial charge in [0.15, 0.2) is 5.69 Å². The van der Waals surface area contributed by atoms with Crippen LogP contribution in [-0.2, 0) is 6.18 Å². The second-order valence-electron chi connectivity index (χ2n) is 3.23. The van der Waals surface area contributed by atoms with E-state index in [0.29, 0.717) is 0 Å². The number of alkyl halides is 3. The number of halogens is 3. The number of nitrogens with zero attached hydrogens (tertiary/aromatic N) is 2. The number of nitrogens with one attached hydrogen (secondary N) is 1. The molecule has 0 unspecified atom stereocenters. The minimum Gasteiger partial charge on any atom is -0.287 e. The molecule has 0 aliphatic carbocycles. The standard InChI is InChI=1S/C10H6F3N3O/c11-10(12,13)7-4-2-1-3-6(7)9(17)8-5-14-16-15-8/h1-5H,(H,14,15,16). The number of carbonyl (C=O) groups excluding carboxylic acids is 1. The highest BCUT2D eigenvalue weighted by Gasteiger charge is 2.35. The smallest absolute Gasteiger partial charge is 0.287 e. The van der Waals surface area contributed by atoms with Gasteiger partial charge in [-0.1, -0.05) is 18.2 Å². The first kappa shape index (κ1) is 11.3. The van der Waals surface area contributed by atoms with Crippen molar-refractivity contribution in [3.05, 3.63) is 47.3 Å². The molecule has 88 valence electrons. The normalized spacial score (nSPS) is 11.5. The molecule has 0 radical (unpaired) electrons. The van der Waals surface area contributed by atoms with Gasteiger partial charge in [-0.3, -0.25) is 4.79 Å². The average Bonchev–Trinajstić information content (AvgIpc) is 2.80. The number of benzene rings is 1. The van der Waals surface area contributed by atoms with Crippen LogP contribution in [0, 0.1) is 0 Å². The van der Waals surface area contributed by atoms with E-state index >= 15 is 0 Å². The van der Waals surface area contributed by atoms with Gasteiger partial charge in [0.2, 0.25) is 5.78 Å². The third-order valence-electron chi connectivity index (χ3n) is 2.12. The quantitative estimate of drug-likeness (QED) is 0.818. The summed E-state index contributed by atoms with van der Waals surface area (Å²) in [5.74, 6) is -0.813. The van der Waals surface area contributed by atoms with Crippen LogP contribution >= 0.6 is 0 Å². The van der Waals surface area contributed by atoms with Gasteiger partial charge in [-0.25, -0.2) is 0 Å². The van der Waals surface area contributed by atoms with E-state index in [2.05, 4.69) is 15.4 Å². The van der Waals surface area contributed by atoms with E-state index in [1.54, 1.807) is 0 Å². The second-order valence-corrected chi connectivity index (χ2v) is 3.23. The fourth-order valence-corrected chi connectivity index (χ4v) is 1.38. The Kier molecular flexibility index (Phi) is 2.66. The fraction of sp³-hybridized carbons (Fsp3) is 0.100. The van der Waals surface area contributed by atoms with Crippen molar-refractivity contribution >= 4 is 5.78 Å². The molecule has 2 aromatic rings. The lowest BCUT2D eigenvalue weighted by Crippen LogP contribution is -2.13.